The summed E-state index contributed by atoms with van der Waals surface area (Å²) < 4.78 is 0. The lowest BCUT2D eigenvalue weighted by Gasteiger charge is -2.10. The summed E-state index contributed by atoms with van der Waals surface area (Å²) in [5.74, 6) is -0.561. The maximum atomic E-state index is 11.5. The van der Waals surface area contributed by atoms with Crippen molar-refractivity contribution in [2.45, 2.75) is 6.42 Å². The number of amides is 2. The molecule has 2 aromatic carbocycles. The van der Waals surface area contributed by atoms with Gasteiger partial charge in [-0.15, -0.1) is 12.4 Å². The summed E-state index contributed by atoms with van der Waals surface area (Å²) in [5, 5.41) is 7.46. The second kappa shape index (κ2) is 4.66. The van der Waals surface area contributed by atoms with Crippen LogP contribution in [0.3, 0.4) is 0 Å². The van der Waals surface area contributed by atoms with Crippen LogP contribution < -0.4 is 10.6 Å². The number of carbonyl (C=O) groups excluding carboxylic acids is 2. The molecule has 0 saturated heterocycles. The Bertz CT molecular complexity index is 640. The van der Waals surface area contributed by atoms with E-state index in [2.05, 4.69) is 10.6 Å². The van der Waals surface area contributed by atoms with Gasteiger partial charge in [0.25, 0.3) is 0 Å². The highest BCUT2D eigenvalue weighted by atomic mass is 35.5. The molecule has 0 saturated carbocycles. The number of carbonyl (C=O) groups is 2. The number of hydrogen-bond acceptors (Lipinski definition) is 2. The Balaban J connectivity index is 0.00000120. The van der Waals surface area contributed by atoms with Gasteiger partial charge >= 0.3 is 0 Å². The molecule has 2 aromatic rings. The van der Waals surface area contributed by atoms with Crippen molar-refractivity contribution in [1.29, 1.82) is 0 Å². The quantitative estimate of drug-likeness (QED) is 0.717. The van der Waals surface area contributed by atoms with Crippen molar-refractivity contribution in [2.75, 3.05) is 10.6 Å². The number of rotatable bonds is 0. The Morgan fingerprint density at radius 2 is 1.61 bits per heavy atom. The van der Waals surface area contributed by atoms with Gasteiger partial charge < -0.3 is 10.6 Å². The molecule has 92 valence electrons. The molecule has 1 aliphatic rings. The number of fused-ring (bicyclic) bond motifs is 3. The van der Waals surface area contributed by atoms with E-state index < -0.39 is 0 Å². The van der Waals surface area contributed by atoms with Crippen LogP contribution >= 0.6 is 12.4 Å². The number of anilines is 2. The van der Waals surface area contributed by atoms with Crippen molar-refractivity contribution >= 4 is 46.4 Å². The summed E-state index contributed by atoms with van der Waals surface area (Å²) in [7, 11) is 0. The van der Waals surface area contributed by atoms with E-state index in [0.29, 0.717) is 11.4 Å². The van der Waals surface area contributed by atoms with Gasteiger partial charge in [0.15, 0.2) is 0 Å². The van der Waals surface area contributed by atoms with Crippen molar-refractivity contribution in [3.8, 4) is 0 Å². The summed E-state index contributed by atoms with van der Waals surface area (Å²) >= 11 is 0. The third kappa shape index (κ3) is 2.02. The standard InChI is InChI=1S/C13H10N2O2.ClH/c16-11-7-12(17)15-13-9-4-2-1-3-8(9)5-6-10(13)14-11;/h1-6H,7H2,(H,14,16)(H,15,17);1H. The van der Waals surface area contributed by atoms with Crippen molar-refractivity contribution in [3.05, 3.63) is 36.4 Å². The number of hydrogen-bond donors (Lipinski definition) is 2. The first kappa shape index (κ1) is 12.4. The van der Waals surface area contributed by atoms with E-state index in [1.54, 1.807) is 6.07 Å². The molecule has 0 atom stereocenters. The van der Waals surface area contributed by atoms with Gasteiger partial charge in [-0.3, -0.25) is 9.59 Å². The summed E-state index contributed by atoms with van der Waals surface area (Å²) in [5.41, 5.74) is 1.33. The fourth-order valence-electron chi connectivity index (χ4n) is 2.03. The highest BCUT2D eigenvalue weighted by Gasteiger charge is 2.19. The topological polar surface area (TPSA) is 58.2 Å². The summed E-state index contributed by atoms with van der Waals surface area (Å²) in [6.45, 7) is 0. The predicted octanol–water partition coefficient (Wildman–Crippen LogP) is 2.54. The lowest BCUT2D eigenvalue weighted by molar-refractivity contribution is -0.123. The van der Waals surface area contributed by atoms with Crippen molar-refractivity contribution in [2.24, 2.45) is 0 Å². The monoisotopic (exact) mass is 262 g/mol. The number of halogens is 1. The van der Waals surface area contributed by atoms with Gasteiger partial charge in [0.2, 0.25) is 11.8 Å². The van der Waals surface area contributed by atoms with E-state index >= 15 is 0 Å². The zero-order valence-corrected chi connectivity index (χ0v) is 10.2. The van der Waals surface area contributed by atoms with E-state index in [0.717, 1.165) is 10.8 Å². The second-order valence-electron chi connectivity index (χ2n) is 3.98. The van der Waals surface area contributed by atoms with Gasteiger partial charge in [-0.2, -0.15) is 0 Å². The molecule has 0 unspecified atom stereocenters. The summed E-state index contributed by atoms with van der Waals surface area (Å²) in [4.78, 5) is 22.9. The molecule has 18 heavy (non-hydrogen) atoms. The lowest BCUT2D eigenvalue weighted by Crippen LogP contribution is -2.16. The minimum Gasteiger partial charge on any atom is -0.324 e. The number of nitrogens with one attached hydrogen (secondary N) is 2. The zero-order valence-electron chi connectivity index (χ0n) is 9.40. The van der Waals surface area contributed by atoms with Crippen molar-refractivity contribution in [1.82, 2.24) is 0 Å². The van der Waals surface area contributed by atoms with Gasteiger partial charge in [-0.25, -0.2) is 0 Å². The fraction of sp³-hybridized carbons (Fsp3) is 0.0769. The molecule has 2 amide bonds. The Hall–Kier alpha value is -2.07. The first-order valence-corrected chi connectivity index (χ1v) is 5.35. The maximum absolute atomic E-state index is 11.5. The van der Waals surface area contributed by atoms with Gasteiger partial charge in [0.1, 0.15) is 6.42 Å². The van der Waals surface area contributed by atoms with Crippen molar-refractivity contribution in [3.63, 3.8) is 0 Å². The zero-order chi connectivity index (χ0) is 11.8. The Morgan fingerprint density at radius 3 is 2.44 bits per heavy atom. The molecular weight excluding hydrogens is 252 g/mol. The van der Waals surface area contributed by atoms with Crippen LogP contribution in [0.1, 0.15) is 6.42 Å². The lowest BCUT2D eigenvalue weighted by atomic mass is 10.1. The Kier molecular flexibility index (Phi) is 3.21. The van der Waals surface area contributed by atoms with Crippen LogP contribution in [0.15, 0.2) is 36.4 Å². The highest BCUT2D eigenvalue weighted by Crippen LogP contribution is 2.32. The summed E-state index contributed by atoms with van der Waals surface area (Å²) in [6.07, 6.45) is -0.136. The van der Waals surface area contributed by atoms with E-state index in [9.17, 15) is 9.59 Å². The van der Waals surface area contributed by atoms with Gasteiger partial charge in [-0.1, -0.05) is 30.3 Å². The minimum atomic E-state index is -0.281. The molecule has 5 heteroatoms. The van der Waals surface area contributed by atoms with Gasteiger partial charge in [0.05, 0.1) is 11.4 Å². The second-order valence-corrected chi connectivity index (χ2v) is 3.98. The Labute approximate surface area is 110 Å². The molecule has 3 rings (SSSR count). The maximum Gasteiger partial charge on any atom is 0.233 e. The van der Waals surface area contributed by atoms with Crippen LogP contribution in [-0.2, 0) is 9.59 Å². The molecule has 1 aliphatic heterocycles. The minimum absolute atomic E-state index is 0. The summed E-state index contributed by atoms with van der Waals surface area (Å²) in [6, 6.07) is 11.5. The molecular formula is C13H11ClN2O2. The van der Waals surface area contributed by atoms with E-state index in [1.165, 1.54) is 0 Å². The average Bonchev–Trinajstić information content (AvgIpc) is 2.46. The van der Waals surface area contributed by atoms with E-state index in [1.807, 2.05) is 30.3 Å². The molecule has 1 heterocycles. The average molecular weight is 263 g/mol. The smallest absolute Gasteiger partial charge is 0.233 e. The van der Waals surface area contributed by atoms with Crippen molar-refractivity contribution < 1.29 is 9.59 Å². The fourth-order valence-corrected chi connectivity index (χ4v) is 2.03. The van der Waals surface area contributed by atoms with E-state index in [4.69, 9.17) is 0 Å². The molecule has 0 radical (unpaired) electrons. The number of benzene rings is 2. The van der Waals surface area contributed by atoms with E-state index in [-0.39, 0.29) is 30.6 Å². The molecule has 2 N–H and O–H groups in total. The predicted molar refractivity (Wildman–Crippen MR) is 73.1 cm³/mol. The molecule has 0 fully saturated rings. The van der Waals surface area contributed by atoms with Crippen LogP contribution in [0.2, 0.25) is 0 Å². The molecule has 0 bridgehead atoms. The molecule has 0 spiro atoms. The molecule has 0 aromatic heterocycles. The largest absolute Gasteiger partial charge is 0.324 e. The normalized spacial score (nSPS) is 14.0. The highest BCUT2D eigenvalue weighted by molar-refractivity contribution is 6.18. The first-order valence-electron chi connectivity index (χ1n) is 5.35. The van der Waals surface area contributed by atoms with Crippen LogP contribution in [0.5, 0.6) is 0 Å². The molecule has 0 aliphatic carbocycles. The van der Waals surface area contributed by atoms with Crippen LogP contribution in [-0.4, -0.2) is 11.8 Å². The van der Waals surface area contributed by atoms with Crippen LogP contribution in [0.4, 0.5) is 11.4 Å². The van der Waals surface area contributed by atoms with Gasteiger partial charge in [-0.05, 0) is 11.5 Å². The molecule has 4 nitrogen and oxygen atoms in total. The third-order valence-corrected chi connectivity index (χ3v) is 2.79. The first-order chi connectivity index (χ1) is 8.24. The Morgan fingerprint density at radius 1 is 0.889 bits per heavy atom. The SMILES string of the molecule is Cl.O=C1CC(=O)Nc2c(ccc3ccccc23)N1. The van der Waals surface area contributed by atoms with Crippen LogP contribution in [0, 0.1) is 0 Å². The third-order valence-electron chi connectivity index (χ3n) is 2.79. The van der Waals surface area contributed by atoms with Crippen LogP contribution in [0.25, 0.3) is 10.8 Å². The van der Waals surface area contributed by atoms with Gasteiger partial charge in [0, 0.05) is 5.39 Å².